The maximum atomic E-state index is 12.8. The zero-order valence-corrected chi connectivity index (χ0v) is 14.4. The lowest BCUT2D eigenvalue weighted by molar-refractivity contribution is 0.591. The first kappa shape index (κ1) is 16.5. The number of hydrogen-bond acceptors (Lipinski definition) is 3. The molecule has 0 saturated carbocycles. The minimum atomic E-state index is -3.69. The Morgan fingerprint density at radius 3 is 2.23 bits per heavy atom. The van der Waals surface area contributed by atoms with E-state index in [1.54, 1.807) is 48.5 Å². The molecule has 2 aromatic rings. The fraction of sp³-hybridized carbons (Fsp3) is 0.188. The largest absolute Gasteiger partial charge is 0.265 e. The zero-order valence-electron chi connectivity index (χ0n) is 12.0. The van der Waals surface area contributed by atoms with E-state index < -0.39 is 10.0 Å². The highest BCUT2D eigenvalue weighted by Crippen LogP contribution is 2.25. The van der Waals surface area contributed by atoms with Crippen LogP contribution in [-0.4, -0.2) is 15.0 Å². The molecule has 0 saturated heterocycles. The molecule has 0 amide bonds. The lowest BCUT2D eigenvalue weighted by Crippen LogP contribution is -2.31. The molecular weight excluding hydrogens is 364 g/mol. The van der Waals surface area contributed by atoms with E-state index in [1.165, 1.54) is 4.31 Å². The number of halogens is 1. The van der Waals surface area contributed by atoms with Crippen molar-refractivity contribution in [2.75, 3.05) is 10.8 Å². The van der Waals surface area contributed by atoms with Crippen LogP contribution in [0.4, 0.5) is 5.69 Å². The van der Waals surface area contributed by atoms with Crippen LogP contribution in [-0.2, 0) is 10.0 Å². The molecule has 0 aliphatic heterocycles. The Kier molecular flexibility index (Phi) is 5.22. The summed E-state index contributed by atoms with van der Waals surface area (Å²) in [5.41, 5.74) is 1.53. The molecule has 2 rings (SSSR count). The third kappa shape index (κ3) is 3.67. The Morgan fingerprint density at radius 2 is 1.68 bits per heavy atom. The average molecular weight is 379 g/mol. The molecule has 22 heavy (non-hydrogen) atoms. The first-order valence-corrected chi connectivity index (χ1v) is 8.90. The number of nitriles is 1. The van der Waals surface area contributed by atoms with Gasteiger partial charge in [0, 0.05) is 11.0 Å². The highest BCUT2D eigenvalue weighted by atomic mass is 79.9. The molecule has 0 unspecified atom stereocenters. The molecular formula is C16H15BrN2O2S. The summed E-state index contributed by atoms with van der Waals surface area (Å²) in [6.07, 6.45) is 0.126. The second-order valence-electron chi connectivity index (χ2n) is 4.77. The highest BCUT2D eigenvalue weighted by Gasteiger charge is 2.24. The van der Waals surface area contributed by atoms with Crippen LogP contribution < -0.4 is 4.31 Å². The van der Waals surface area contributed by atoms with E-state index in [-0.39, 0.29) is 17.9 Å². The molecule has 2 aromatic carbocycles. The third-order valence-electron chi connectivity index (χ3n) is 3.15. The van der Waals surface area contributed by atoms with Gasteiger partial charge in [-0.25, -0.2) is 8.42 Å². The standard InChI is InChI=1S/C16H15BrN2O2S/c1-13-3-9-16(10-4-13)22(20,21)19(12-2-11-18)15-7-5-14(17)6-8-15/h3-10H,2,12H2,1H3. The van der Waals surface area contributed by atoms with Crippen LogP contribution in [0.5, 0.6) is 0 Å². The summed E-state index contributed by atoms with van der Waals surface area (Å²) in [4.78, 5) is 0.221. The van der Waals surface area contributed by atoms with Gasteiger partial charge in [0.05, 0.1) is 23.1 Å². The van der Waals surface area contributed by atoms with Gasteiger partial charge < -0.3 is 0 Å². The molecule has 0 N–H and O–H groups in total. The molecule has 0 aromatic heterocycles. The van der Waals surface area contributed by atoms with Crippen molar-refractivity contribution in [2.45, 2.75) is 18.2 Å². The van der Waals surface area contributed by atoms with Gasteiger partial charge in [-0.1, -0.05) is 33.6 Å². The first-order valence-electron chi connectivity index (χ1n) is 6.67. The molecule has 0 heterocycles. The van der Waals surface area contributed by atoms with Gasteiger partial charge in [-0.15, -0.1) is 0 Å². The summed E-state index contributed by atoms with van der Waals surface area (Å²) in [5.74, 6) is 0. The van der Waals surface area contributed by atoms with Crippen molar-refractivity contribution in [2.24, 2.45) is 0 Å². The number of hydrogen-bond donors (Lipinski definition) is 0. The summed E-state index contributed by atoms with van der Waals surface area (Å²) in [6, 6.07) is 15.7. The van der Waals surface area contributed by atoms with Gasteiger partial charge in [0.2, 0.25) is 0 Å². The summed E-state index contributed by atoms with van der Waals surface area (Å²) >= 11 is 3.33. The van der Waals surface area contributed by atoms with Crippen LogP contribution in [0.1, 0.15) is 12.0 Å². The molecule has 0 bridgehead atoms. The number of aryl methyl sites for hydroxylation is 1. The van der Waals surface area contributed by atoms with Gasteiger partial charge in [0.15, 0.2) is 0 Å². The Balaban J connectivity index is 2.46. The highest BCUT2D eigenvalue weighted by molar-refractivity contribution is 9.10. The molecule has 0 atom stereocenters. The lowest BCUT2D eigenvalue weighted by Gasteiger charge is -2.23. The van der Waals surface area contributed by atoms with Crippen molar-refractivity contribution in [1.29, 1.82) is 5.26 Å². The molecule has 0 fully saturated rings. The summed E-state index contributed by atoms with van der Waals surface area (Å²) in [5, 5.41) is 8.80. The predicted molar refractivity (Wildman–Crippen MR) is 90.1 cm³/mol. The maximum absolute atomic E-state index is 12.8. The van der Waals surface area contributed by atoms with Gasteiger partial charge in [0.1, 0.15) is 0 Å². The number of nitrogens with zero attached hydrogens (tertiary/aromatic N) is 2. The summed E-state index contributed by atoms with van der Waals surface area (Å²) < 4.78 is 27.8. The molecule has 0 radical (unpaired) electrons. The van der Waals surface area contributed by atoms with Crippen LogP contribution in [0.15, 0.2) is 57.9 Å². The van der Waals surface area contributed by atoms with Crippen molar-refractivity contribution < 1.29 is 8.42 Å². The van der Waals surface area contributed by atoms with Crippen LogP contribution in [0.25, 0.3) is 0 Å². The van der Waals surface area contributed by atoms with Crippen LogP contribution >= 0.6 is 15.9 Å². The van der Waals surface area contributed by atoms with E-state index >= 15 is 0 Å². The Bertz CT molecular complexity index is 778. The van der Waals surface area contributed by atoms with Gasteiger partial charge in [-0.05, 0) is 43.3 Å². The molecule has 4 nitrogen and oxygen atoms in total. The van der Waals surface area contributed by atoms with Crippen molar-refractivity contribution in [3.05, 3.63) is 58.6 Å². The quantitative estimate of drug-likeness (QED) is 0.793. The number of anilines is 1. The first-order chi connectivity index (χ1) is 10.4. The number of rotatable bonds is 5. The van der Waals surface area contributed by atoms with Crippen molar-refractivity contribution in [3.63, 3.8) is 0 Å². The minimum Gasteiger partial charge on any atom is -0.265 e. The van der Waals surface area contributed by atoms with Gasteiger partial charge in [-0.3, -0.25) is 4.31 Å². The number of sulfonamides is 1. The minimum absolute atomic E-state index is 0.119. The fourth-order valence-corrected chi connectivity index (χ4v) is 3.71. The molecule has 0 aliphatic carbocycles. The Hall–Kier alpha value is -1.84. The van der Waals surface area contributed by atoms with E-state index in [0.717, 1.165) is 10.0 Å². The van der Waals surface area contributed by atoms with Crippen LogP contribution in [0.3, 0.4) is 0 Å². The van der Waals surface area contributed by atoms with E-state index in [9.17, 15) is 8.42 Å². The van der Waals surface area contributed by atoms with Gasteiger partial charge in [0.25, 0.3) is 10.0 Å². The normalized spacial score (nSPS) is 11.0. The summed E-state index contributed by atoms with van der Waals surface area (Å²) in [6.45, 7) is 2.02. The van der Waals surface area contributed by atoms with Crippen molar-refractivity contribution >= 4 is 31.6 Å². The second-order valence-corrected chi connectivity index (χ2v) is 7.55. The third-order valence-corrected chi connectivity index (χ3v) is 5.52. The lowest BCUT2D eigenvalue weighted by atomic mass is 10.2. The van der Waals surface area contributed by atoms with Gasteiger partial charge in [-0.2, -0.15) is 5.26 Å². The molecule has 0 aliphatic rings. The van der Waals surface area contributed by atoms with E-state index in [2.05, 4.69) is 15.9 Å². The fourth-order valence-electron chi connectivity index (χ4n) is 1.98. The SMILES string of the molecule is Cc1ccc(S(=O)(=O)N(CCC#N)c2ccc(Br)cc2)cc1. The van der Waals surface area contributed by atoms with E-state index in [0.29, 0.717) is 5.69 Å². The Labute approximate surface area is 139 Å². The topological polar surface area (TPSA) is 61.2 Å². The van der Waals surface area contributed by atoms with Crippen LogP contribution in [0, 0.1) is 18.3 Å². The predicted octanol–water partition coefficient (Wildman–Crippen LogP) is 3.87. The maximum Gasteiger partial charge on any atom is 0.264 e. The van der Waals surface area contributed by atoms with E-state index in [1.807, 2.05) is 13.0 Å². The second kappa shape index (κ2) is 6.95. The average Bonchev–Trinajstić information content (AvgIpc) is 2.49. The van der Waals surface area contributed by atoms with Crippen LogP contribution in [0.2, 0.25) is 0 Å². The summed E-state index contributed by atoms with van der Waals surface area (Å²) in [7, 11) is -3.69. The van der Waals surface area contributed by atoms with E-state index in [4.69, 9.17) is 5.26 Å². The van der Waals surface area contributed by atoms with Crippen molar-refractivity contribution in [1.82, 2.24) is 0 Å². The zero-order chi connectivity index (χ0) is 16.2. The van der Waals surface area contributed by atoms with Gasteiger partial charge >= 0.3 is 0 Å². The monoisotopic (exact) mass is 378 g/mol. The van der Waals surface area contributed by atoms with Crippen molar-refractivity contribution in [3.8, 4) is 6.07 Å². The molecule has 114 valence electrons. The number of benzene rings is 2. The smallest absolute Gasteiger partial charge is 0.264 e. The molecule has 0 spiro atoms. The Morgan fingerprint density at radius 1 is 1.09 bits per heavy atom. The molecule has 6 heteroatoms.